The summed E-state index contributed by atoms with van der Waals surface area (Å²) in [6.45, 7) is 3.96. The fraction of sp³-hybridized carbons (Fsp3) is 0.292. The van der Waals surface area contributed by atoms with Crippen LogP contribution in [0.15, 0.2) is 67.0 Å². The Balaban J connectivity index is 1.72. The first-order chi connectivity index (χ1) is 15.7. The number of hydrogen-bond donors (Lipinski definition) is 1. The van der Waals surface area contributed by atoms with Gasteiger partial charge in [-0.3, -0.25) is 15.1 Å². The predicted molar refractivity (Wildman–Crippen MR) is 118 cm³/mol. The van der Waals surface area contributed by atoms with E-state index in [9.17, 15) is 13.2 Å². The van der Waals surface area contributed by atoms with Crippen molar-refractivity contribution in [3.8, 4) is 5.75 Å². The molecule has 0 spiro atoms. The molecule has 1 N–H and O–H groups in total. The van der Waals surface area contributed by atoms with Gasteiger partial charge in [0.25, 0.3) is 0 Å². The molecule has 0 amide bonds. The molecular formula is C24H23ClF3N3O2. The Bertz CT molecular complexity index is 1110. The van der Waals surface area contributed by atoms with E-state index in [1.807, 2.05) is 32.0 Å². The third-order valence-corrected chi connectivity index (χ3v) is 5.79. The van der Waals surface area contributed by atoms with Crippen LogP contribution in [0.5, 0.6) is 5.75 Å². The van der Waals surface area contributed by atoms with Crippen LogP contribution < -0.4 is 10.1 Å². The van der Waals surface area contributed by atoms with Gasteiger partial charge >= 0.3 is 6.18 Å². The largest absolute Gasteiger partial charge is 0.470 e. The number of hydrogen-bond acceptors (Lipinski definition) is 5. The third kappa shape index (κ3) is 5.47. The summed E-state index contributed by atoms with van der Waals surface area (Å²) < 4.78 is 47.2. The molecule has 4 rings (SSSR count). The first kappa shape index (κ1) is 23.5. The predicted octanol–water partition coefficient (Wildman–Crippen LogP) is 5.72. The summed E-state index contributed by atoms with van der Waals surface area (Å²) >= 11 is 6.31. The van der Waals surface area contributed by atoms with Crippen molar-refractivity contribution >= 4 is 11.8 Å². The second kappa shape index (κ2) is 9.30. The fourth-order valence-electron chi connectivity index (χ4n) is 3.84. The van der Waals surface area contributed by atoms with Crippen molar-refractivity contribution in [2.24, 2.45) is 0 Å². The number of rotatable bonds is 5. The average Bonchev–Trinajstić information content (AvgIpc) is 2.78. The third-order valence-electron chi connectivity index (χ3n) is 5.49. The van der Waals surface area contributed by atoms with Gasteiger partial charge in [-0.15, -0.1) is 0 Å². The zero-order valence-electron chi connectivity index (χ0n) is 18.1. The van der Waals surface area contributed by atoms with Gasteiger partial charge in [0.15, 0.2) is 5.72 Å². The molecule has 0 radical (unpaired) electrons. The van der Waals surface area contributed by atoms with Crippen molar-refractivity contribution in [2.75, 3.05) is 6.61 Å². The second-order valence-corrected chi connectivity index (χ2v) is 8.43. The monoisotopic (exact) mass is 477 g/mol. The Morgan fingerprint density at radius 2 is 1.91 bits per heavy atom. The van der Waals surface area contributed by atoms with Gasteiger partial charge in [-0.25, -0.2) is 0 Å². The normalized spacial score (nSPS) is 21.7. The van der Waals surface area contributed by atoms with Crippen molar-refractivity contribution in [1.82, 2.24) is 14.9 Å². The van der Waals surface area contributed by atoms with Gasteiger partial charge in [0, 0.05) is 30.6 Å². The zero-order valence-corrected chi connectivity index (χ0v) is 18.8. The summed E-state index contributed by atoms with van der Waals surface area (Å²) in [6.07, 6.45) is -1.53. The van der Waals surface area contributed by atoms with Crippen LogP contribution in [0.4, 0.5) is 13.2 Å². The molecule has 174 valence electrons. The van der Waals surface area contributed by atoms with E-state index < -0.39 is 23.6 Å². The maximum atomic E-state index is 13.3. The maximum absolute atomic E-state index is 13.3. The molecule has 2 unspecified atom stereocenters. The Kier molecular flexibility index (Phi) is 6.63. The second-order valence-electron chi connectivity index (χ2n) is 8.10. The lowest BCUT2D eigenvalue weighted by Gasteiger charge is -2.44. The summed E-state index contributed by atoms with van der Waals surface area (Å²) in [4.78, 5) is 9.76. The maximum Gasteiger partial charge on any atom is 0.416 e. The number of pyridine rings is 1. The number of benzene rings is 2. The summed E-state index contributed by atoms with van der Waals surface area (Å²) in [5.41, 5.74) is 1.90. The van der Waals surface area contributed by atoms with Gasteiger partial charge in [-0.2, -0.15) is 13.2 Å². The molecule has 1 saturated heterocycles. The van der Waals surface area contributed by atoms with Crippen LogP contribution in [0, 0.1) is 13.8 Å². The van der Waals surface area contributed by atoms with Crippen LogP contribution in [0.25, 0.3) is 0 Å². The van der Waals surface area contributed by atoms with E-state index in [4.69, 9.17) is 21.4 Å². The number of nitrogens with one attached hydrogen (secondary N) is 1. The highest BCUT2D eigenvalue weighted by Gasteiger charge is 2.44. The molecular weight excluding hydrogens is 455 g/mol. The Labute approximate surface area is 195 Å². The molecule has 33 heavy (non-hydrogen) atoms. The minimum Gasteiger partial charge on any atom is -0.470 e. The van der Waals surface area contributed by atoms with Gasteiger partial charge in [0.05, 0.1) is 5.56 Å². The fourth-order valence-corrected chi connectivity index (χ4v) is 4.05. The molecule has 1 aliphatic heterocycles. The molecule has 1 aliphatic rings. The van der Waals surface area contributed by atoms with E-state index in [1.165, 1.54) is 12.1 Å². The number of ether oxygens (including phenoxy) is 1. The summed E-state index contributed by atoms with van der Waals surface area (Å²) in [5, 5.41) is 3.37. The first-order valence-electron chi connectivity index (χ1n) is 10.3. The molecule has 2 aromatic carbocycles. The van der Waals surface area contributed by atoms with Gasteiger partial charge in [-0.1, -0.05) is 34.4 Å². The minimum atomic E-state index is -4.48. The van der Waals surface area contributed by atoms with Crippen molar-refractivity contribution in [2.45, 2.75) is 38.3 Å². The van der Waals surface area contributed by atoms with E-state index in [2.05, 4.69) is 10.3 Å². The van der Waals surface area contributed by atoms with E-state index in [0.717, 1.165) is 39.0 Å². The number of hydroxylamine groups is 1. The quantitative estimate of drug-likeness (QED) is 0.476. The van der Waals surface area contributed by atoms with Gasteiger partial charge in [-0.05, 0) is 60.9 Å². The van der Waals surface area contributed by atoms with Crippen LogP contribution in [-0.2, 0) is 17.4 Å². The summed E-state index contributed by atoms with van der Waals surface area (Å²) in [6, 6.07) is 14.4. The van der Waals surface area contributed by atoms with Crippen molar-refractivity contribution in [1.29, 1.82) is 0 Å². The SMILES string of the molecule is Cc1ccc(CC2(Oc3cccc(C(F)(F)F)c3)CON(Cl)C(c3ccncc3)N2)c(C)c1. The lowest BCUT2D eigenvalue weighted by Crippen LogP contribution is -2.63. The highest BCUT2D eigenvalue weighted by atomic mass is 35.5. The van der Waals surface area contributed by atoms with Gasteiger partial charge in [0.1, 0.15) is 18.5 Å². The van der Waals surface area contributed by atoms with Crippen LogP contribution in [0.3, 0.4) is 0 Å². The Hall–Kier alpha value is -2.65. The first-order valence-corrected chi connectivity index (χ1v) is 10.7. The number of halogens is 4. The number of aryl methyl sites for hydroxylation is 2. The van der Waals surface area contributed by atoms with E-state index in [-0.39, 0.29) is 12.4 Å². The molecule has 0 saturated carbocycles. The molecule has 9 heteroatoms. The molecule has 1 aromatic heterocycles. The number of nitrogens with zero attached hydrogens (tertiary/aromatic N) is 2. The van der Waals surface area contributed by atoms with E-state index >= 15 is 0 Å². The van der Waals surface area contributed by atoms with Crippen LogP contribution in [-0.4, -0.2) is 21.9 Å². The van der Waals surface area contributed by atoms with Crippen molar-refractivity contribution in [3.63, 3.8) is 0 Å². The molecule has 2 atom stereocenters. The highest BCUT2D eigenvalue weighted by molar-refractivity contribution is 6.12. The smallest absolute Gasteiger partial charge is 0.416 e. The van der Waals surface area contributed by atoms with Gasteiger partial charge in [0.2, 0.25) is 0 Å². The van der Waals surface area contributed by atoms with Crippen LogP contribution >= 0.6 is 11.8 Å². The van der Waals surface area contributed by atoms with E-state index in [1.54, 1.807) is 24.5 Å². The highest BCUT2D eigenvalue weighted by Crippen LogP contribution is 2.35. The summed E-state index contributed by atoms with van der Waals surface area (Å²) in [7, 11) is 0. The number of aromatic nitrogens is 1. The molecule has 2 heterocycles. The molecule has 3 aromatic rings. The molecule has 5 nitrogen and oxygen atoms in total. The number of alkyl halides is 3. The lowest BCUT2D eigenvalue weighted by atomic mass is 9.96. The van der Waals surface area contributed by atoms with Gasteiger partial charge < -0.3 is 4.74 Å². The zero-order chi connectivity index (χ0) is 23.6. The van der Waals surface area contributed by atoms with Crippen molar-refractivity contribution in [3.05, 3.63) is 94.8 Å². The molecule has 0 bridgehead atoms. The summed E-state index contributed by atoms with van der Waals surface area (Å²) in [5.74, 6) is 0.0715. The lowest BCUT2D eigenvalue weighted by molar-refractivity contribution is -0.229. The van der Waals surface area contributed by atoms with E-state index in [0.29, 0.717) is 6.42 Å². The van der Waals surface area contributed by atoms with Crippen LogP contribution in [0.1, 0.15) is 34.0 Å². The standard InChI is InChI=1S/C24H23ClF3N3O2/c1-16-6-7-19(17(2)12-16)14-23(33-21-5-3-4-20(13-21)24(26,27)28)15-32-31(25)22(30-23)18-8-10-29-11-9-18/h3-13,22,30H,14-15H2,1-2H3. The molecule has 1 fully saturated rings. The minimum absolute atomic E-state index is 0.0261. The van der Waals surface area contributed by atoms with Crippen molar-refractivity contribution < 1.29 is 22.7 Å². The Morgan fingerprint density at radius 1 is 1.15 bits per heavy atom. The topological polar surface area (TPSA) is 46.6 Å². The Morgan fingerprint density at radius 3 is 2.61 bits per heavy atom. The average molecular weight is 478 g/mol. The molecule has 0 aliphatic carbocycles. The van der Waals surface area contributed by atoms with Crippen LogP contribution in [0.2, 0.25) is 0 Å².